The summed E-state index contributed by atoms with van der Waals surface area (Å²) < 4.78 is 6.53. The molecule has 0 spiro atoms. The van der Waals surface area contributed by atoms with Gasteiger partial charge in [-0.15, -0.1) is 0 Å². The molecule has 134 valence electrons. The molecule has 1 aromatic rings. The molecule has 2 rings (SSSR count). The topological polar surface area (TPSA) is 114 Å². The zero-order chi connectivity index (χ0) is 18.1. The van der Waals surface area contributed by atoms with Gasteiger partial charge in [0.25, 0.3) is 5.56 Å². The first kappa shape index (κ1) is 18.1. The number of amides is 1. The molecule has 0 saturated carbocycles. The molecule has 0 aromatic carbocycles. The molecule has 24 heavy (non-hydrogen) atoms. The molecule has 1 saturated heterocycles. The van der Waals surface area contributed by atoms with Gasteiger partial charge < -0.3 is 9.64 Å². The molecule has 0 unspecified atom stereocenters. The van der Waals surface area contributed by atoms with Gasteiger partial charge in [-0.25, -0.2) is 15.4 Å². The number of hydrazine groups is 1. The quantitative estimate of drug-likeness (QED) is 0.596. The van der Waals surface area contributed by atoms with Crippen LogP contribution in [0.5, 0.6) is 0 Å². The van der Waals surface area contributed by atoms with Crippen molar-refractivity contribution >= 4 is 11.9 Å². The van der Waals surface area contributed by atoms with Crippen LogP contribution in [0.25, 0.3) is 0 Å². The minimum atomic E-state index is -0.550. The lowest BCUT2D eigenvalue weighted by Crippen LogP contribution is -2.46. The molecule has 9 nitrogen and oxygen atoms in total. The second-order valence-electron chi connectivity index (χ2n) is 6.98. The highest BCUT2D eigenvalue weighted by Gasteiger charge is 2.28. The number of carbonyl (C=O) groups excluding carboxylic acids is 1. The summed E-state index contributed by atoms with van der Waals surface area (Å²) in [5, 5.41) is 1.18. The van der Waals surface area contributed by atoms with Crippen LogP contribution in [0.15, 0.2) is 15.7 Å². The van der Waals surface area contributed by atoms with Crippen molar-refractivity contribution in [2.24, 2.45) is 5.84 Å². The number of H-pyrrole nitrogens is 1. The Morgan fingerprint density at radius 3 is 2.38 bits per heavy atom. The van der Waals surface area contributed by atoms with Gasteiger partial charge in [-0.05, 0) is 33.6 Å². The number of aromatic amines is 1. The molecule has 1 amide bonds. The normalized spacial score (nSPS) is 16.1. The van der Waals surface area contributed by atoms with E-state index in [1.54, 1.807) is 4.90 Å². The zero-order valence-electron chi connectivity index (χ0n) is 14.5. The van der Waals surface area contributed by atoms with E-state index in [1.165, 1.54) is 22.7 Å². The third-order valence-electron chi connectivity index (χ3n) is 3.81. The van der Waals surface area contributed by atoms with Crippen molar-refractivity contribution in [2.75, 3.05) is 25.1 Å². The fourth-order valence-electron chi connectivity index (χ4n) is 2.66. The number of ether oxygens (including phenoxy) is 1. The van der Waals surface area contributed by atoms with E-state index in [9.17, 15) is 14.4 Å². The van der Waals surface area contributed by atoms with Crippen molar-refractivity contribution < 1.29 is 9.53 Å². The molecule has 1 aliphatic rings. The van der Waals surface area contributed by atoms with Crippen molar-refractivity contribution in [3.05, 3.63) is 26.9 Å². The van der Waals surface area contributed by atoms with Gasteiger partial charge in [0.05, 0.1) is 0 Å². The Labute approximate surface area is 140 Å². The molecular formula is C15H25N5O4. The molecule has 0 bridgehead atoms. The maximum absolute atomic E-state index is 12.2. The third-order valence-corrected chi connectivity index (χ3v) is 3.81. The van der Waals surface area contributed by atoms with Crippen molar-refractivity contribution in [3.63, 3.8) is 0 Å². The lowest BCUT2D eigenvalue weighted by molar-refractivity contribution is 0.0186. The Morgan fingerprint density at radius 2 is 1.92 bits per heavy atom. The highest BCUT2D eigenvalue weighted by Crippen LogP contribution is 2.21. The third kappa shape index (κ3) is 4.16. The summed E-state index contributed by atoms with van der Waals surface area (Å²) in [5.74, 6) is 5.80. The van der Waals surface area contributed by atoms with Crippen LogP contribution in [-0.2, 0) is 4.74 Å². The van der Waals surface area contributed by atoms with Crippen molar-refractivity contribution in [1.82, 2.24) is 14.5 Å². The monoisotopic (exact) mass is 339 g/mol. The predicted molar refractivity (Wildman–Crippen MR) is 90.0 cm³/mol. The van der Waals surface area contributed by atoms with Crippen LogP contribution in [-0.4, -0.2) is 46.3 Å². The van der Waals surface area contributed by atoms with E-state index < -0.39 is 16.9 Å². The van der Waals surface area contributed by atoms with E-state index in [1.807, 2.05) is 20.8 Å². The number of piperidine rings is 1. The van der Waals surface area contributed by atoms with Gasteiger partial charge >= 0.3 is 11.8 Å². The lowest BCUT2D eigenvalue weighted by atomic mass is 10.1. The number of likely N-dealkylation sites (tertiary alicyclic amines) is 1. The molecule has 3 N–H and O–H groups in total. The van der Waals surface area contributed by atoms with E-state index in [4.69, 9.17) is 10.6 Å². The first-order valence-electron chi connectivity index (χ1n) is 7.90. The number of nitrogens with two attached hydrogens (primary N) is 1. The molecule has 1 aromatic heterocycles. The van der Waals surface area contributed by atoms with Gasteiger partial charge in [-0.2, -0.15) is 0 Å². The summed E-state index contributed by atoms with van der Waals surface area (Å²) >= 11 is 0. The van der Waals surface area contributed by atoms with Crippen LogP contribution in [0.1, 0.15) is 39.7 Å². The second kappa shape index (κ2) is 6.68. The van der Waals surface area contributed by atoms with Gasteiger partial charge in [-0.3, -0.25) is 19.4 Å². The number of carbonyl (C=O) groups is 1. The maximum Gasteiger partial charge on any atom is 0.410 e. The fourth-order valence-corrected chi connectivity index (χ4v) is 2.66. The van der Waals surface area contributed by atoms with E-state index in [0.717, 1.165) is 0 Å². The van der Waals surface area contributed by atoms with Crippen LogP contribution >= 0.6 is 0 Å². The van der Waals surface area contributed by atoms with Crippen LogP contribution in [0.2, 0.25) is 0 Å². The smallest absolute Gasteiger partial charge is 0.410 e. The van der Waals surface area contributed by atoms with Crippen molar-refractivity contribution in [1.29, 1.82) is 0 Å². The maximum atomic E-state index is 12.2. The second-order valence-corrected chi connectivity index (χ2v) is 6.98. The number of hydrogen-bond acceptors (Lipinski definition) is 6. The highest BCUT2D eigenvalue weighted by molar-refractivity contribution is 5.68. The highest BCUT2D eigenvalue weighted by atomic mass is 16.6. The van der Waals surface area contributed by atoms with Gasteiger partial charge in [0, 0.05) is 32.2 Å². The summed E-state index contributed by atoms with van der Waals surface area (Å²) in [7, 11) is 1.54. The van der Waals surface area contributed by atoms with Crippen LogP contribution < -0.4 is 22.1 Å². The van der Waals surface area contributed by atoms with Crippen LogP contribution in [0, 0.1) is 0 Å². The Morgan fingerprint density at radius 1 is 1.33 bits per heavy atom. The van der Waals surface area contributed by atoms with E-state index in [2.05, 4.69) is 4.98 Å². The largest absolute Gasteiger partial charge is 0.444 e. The number of nitrogens with one attached hydrogen (secondary N) is 1. The molecule has 1 fully saturated rings. The van der Waals surface area contributed by atoms with E-state index >= 15 is 0 Å². The molecule has 0 radical (unpaired) electrons. The standard InChI is InChI=1S/C15H25N5O4/c1-15(2,3)24-14(23)19-7-5-10(6-8-19)20-12(21)9-11(18(4)16)17-13(20)22/h9-10H,5-8,16H2,1-4H3,(H,17,22). The van der Waals surface area contributed by atoms with E-state index in [0.29, 0.717) is 25.9 Å². The first-order valence-corrected chi connectivity index (χ1v) is 7.90. The average Bonchev–Trinajstić information content (AvgIpc) is 2.45. The Balaban J connectivity index is 2.09. The molecular weight excluding hydrogens is 314 g/mol. The molecule has 0 atom stereocenters. The summed E-state index contributed by atoms with van der Waals surface area (Å²) in [4.78, 5) is 40.7. The summed E-state index contributed by atoms with van der Waals surface area (Å²) in [6, 6.07) is 1.04. The SMILES string of the molecule is CN(N)c1cc(=O)n(C2CCN(C(=O)OC(C)(C)C)CC2)c(=O)[nH]1. The number of anilines is 1. The number of aromatic nitrogens is 2. The van der Waals surface area contributed by atoms with Crippen LogP contribution in [0.4, 0.5) is 10.6 Å². The van der Waals surface area contributed by atoms with Gasteiger partial charge in [0.15, 0.2) is 0 Å². The summed E-state index contributed by atoms with van der Waals surface area (Å²) in [6.07, 6.45) is 0.655. The Hall–Kier alpha value is -2.29. The van der Waals surface area contributed by atoms with Gasteiger partial charge in [0.1, 0.15) is 11.4 Å². The molecule has 0 aliphatic carbocycles. The van der Waals surface area contributed by atoms with Crippen molar-refractivity contribution in [3.8, 4) is 0 Å². The Bertz CT molecular complexity index is 677. The van der Waals surface area contributed by atoms with Gasteiger partial charge in [-0.1, -0.05) is 0 Å². The Kier molecular flexibility index (Phi) is 5.02. The first-order chi connectivity index (χ1) is 11.1. The molecule has 9 heteroatoms. The lowest BCUT2D eigenvalue weighted by Gasteiger charge is -2.33. The molecule has 2 heterocycles. The summed E-state index contributed by atoms with van der Waals surface area (Å²) in [5.41, 5.74) is -1.45. The minimum Gasteiger partial charge on any atom is -0.444 e. The van der Waals surface area contributed by atoms with E-state index in [-0.39, 0.29) is 18.0 Å². The molecule has 1 aliphatic heterocycles. The van der Waals surface area contributed by atoms with Gasteiger partial charge in [0.2, 0.25) is 0 Å². The number of nitrogens with zero attached hydrogens (tertiary/aromatic N) is 3. The fraction of sp³-hybridized carbons (Fsp3) is 0.667. The van der Waals surface area contributed by atoms with Crippen LogP contribution in [0.3, 0.4) is 0 Å². The average molecular weight is 339 g/mol. The van der Waals surface area contributed by atoms with Crippen molar-refractivity contribution in [2.45, 2.75) is 45.3 Å². The summed E-state index contributed by atoms with van der Waals surface area (Å²) in [6.45, 7) is 6.31. The number of hydrogen-bond donors (Lipinski definition) is 2. The minimum absolute atomic E-state index is 0.253. The predicted octanol–water partition coefficient (Wildman–Crippen LogP) is 0.418. The zero-order valence-corrected chi connectivity index (χ0v) is 14.5. The number of rotatable bonds is 2.